The Kier molecular flexibility index (Phi) is 3.48. The van der Waals surface area contributed by atoms with Crippen LogP contribution in [0.4, 0.5) is 0 Å². The molecule has 8 unspecified atom stereocenters. The van der Waals surface area contributed by atoms with Crippen LogP contribution in [-0.2, 0) is 0 Å². The molecule has 0 radical (unpaired) electrons. The Morgan fingerprint density at radius 1 is 0.652 bits per heavy atom. The van der Waals surface area contributed by atoms with Crippen LogP contribution >= 0.6 is 0 Å². The van der Waals surface area contributed by atoms with Crippen LogP contribution in [0.5, 0.6) is 0 Å². The molecule has 0 aromatic rings. The minimum Gasteiger partial charge on any atom is -0.0596 e. The molecule has 0 nitrogen and oxygen atoms in total. The van der Waals surface area contributed by atoms with E-state index >= 15 is 0 Å². The first kappa shape index (κ1) is 15.3. The molecular formula is C23H38. The van der Waals surface area contributed by atoms with Crippen LogP contribution in [0.25, 0.3) is 0 Å². The summed E-state index contributed by atoms with van der Waals surface area (Å²) in [7, 11) is 0. The van der Waals surface area contributed by atoms with Crippen molar-refractivity contribution in [1.82, 2.24) is 0 Å². The molecule has 5 aliphatic rings. The predicted octanol–water partition coefficient (Wildman–Crippen LogP) is 6.84. The largest absolute Gasteiger partial charge is 0.0596 e. The number of rotatable bonds is 0. The van der Waals surface area contributed by atoms with Gasteiger partial charge in [0.25, 0.3) is 0 Å². The Labute approximate surface area is 144 Å². The van der Waals surface area contributed by atoms with Gasteiger partial charge in [-0.3, -0.25) is 0 Å². The van der Waals surface area contributed by atoms with Crippen molar-refractivity contribution < 1.29 is 0 Å². The maximum atomic E-state index is 2.78. The number of hydrogen-bond acceptors (Lipinski definition) is 0. The van der Waals surface area contributed by atoms with E-state index in [4.69, 9.17) is 0 Å². The molecule has 6 bridgehead atoms. The minimum atomic E-state index is 0.675. The van der Waals surface area contributed by atoms with E-state index in [1.54, 1.807) is 77.0 Å². The monoisotopic (exact) mass is 314 g/mol. The van der Waals surface area contributed by atoms with Crippen molar-refractivity contribution in [3.63, 3.8) is 0 Å². The van der Waals surface area contributed by atoms with Gasteiger partial charge in [-0.1, -0.05) is 26.7 Å². The summed E-state index contributed by atoms with van der Waals surface area (Å²) in [6.07, 6.45) is 20.5. The topological polar surface area (TPSA) is 0 Å². The fourth-order valence-electron chi connectivity index (χ4n) is 8.82. The Morgan fingerprint density at radius 2 is 1.35 bits per heavy atom. The number of hydrogen-bond donors (Lipinski definition) is 0. The standard InChI is InChI=1S/C23H38/c1-22-11-9-16-7-8-17-13-18-5-3-4-6-19(23(18,2)15-22)14-21(17)20(16)10-12-22/h16-21H,3-15H2,1-2H3. The lowest BCUT2D eigenvalue weighted by atomic mass is 9.58. The van der Waals surface area contributed by atoms with Crippen molar-refractivity contribution in [2.24, 2.45) is 46.3 Å². The Morgan fingerprint density at radius 3 is 2.17 bits per heavy atom. The molecule has 0 heteroatoms. The lowest BCUT2D eigenvalue weighted by Gasteiger charge is -2.47. The highest BCUT2D eigenvalue weighted by Gasteiger charge is 2.55. The molecule has 5 aliphatic carbocycles. The van der Waals surface area contributed by atoms with Crippen molar-refractivity contribution in [2.45, 2.75) is 97.3 Å². The van der Waals surface area contributed by atoms with Gasteiger partial charge < -0.3 is 0 Å². The average Bonchev–Trinajstić information content (AvgIpc) is 2.82. The van der Waals surface area contributed by atoms with Gasteiger partial charge in [0.05, 0.1) is 0 Å². The fraction of sp³-hybridized carbons (Fsp3) is 1.00. The molecule has 0 saturated heterocycles. The van der Waals surface area contributed by atoms with E-state index in [0.717, 1.165) is 35.5 Å². The van der Waals surface area contributed by atoms with Crippen LogP contribution < -0.4 is 0 Å². The Hall–Kier alpha value is 0. The predicted molar refractivity (Wildman–Crippen MR) is 97.2 cm³/mol. The first-order valence-corrected chi connectivity index (χ1v) is 11.1. The van der Waals surface area contributed by atoms with E-state index in [1.807, 2.05) is 0 Å². The molecule has 0 aromatic heterocycles. The third kappa shape index (κ3) is 2.29. The summed E-state index contributed by atoms with van der Waals surface area (Å²) in [6, 6.07) is 0. The van der Waals surface area contributed by atoms with E-state index in [2.05, 4.69) is 13.8 Å². The summed E-state index contributed by atoms with van der Waals surface area (Å²) in [6.45, 7) is 5.48. The summed E-state index contributed by atoms with van der Waals surface area (Å²) in [5.74, 6) is 6.62. The second-order valence-electron chi connectivity index (χ2n) is 11.1. The van der Waals surface area contributed by atoms with Gasteiger partial charge in [0.2, 0.25) is 0 Å². The van der Waals surface area contributed by atoms with Crippen molar-refractivity contribution >= 4 is 0 Å². The Bertz CT molecular complexity index is 467. The molecule has 0 amide bonds. The van der Waals surface area contributed by atoms with Gasteiger partial charge in [-0.05, 0) is 117 Å². The molecule has 23 heavy (non-hydrogen) atoms. The second kappa shape index (κ2) is 5.25. The van der Waals surface area contributed by atoms with Gasteiger partial charge in [-0.15, -0.1) is 0 Å². The maximum absolute atomic E-state index is 2.78. The summed E-state index contributed by atoms with van der Waals surface area (Å²) >= 11 is 0. The number of fused-ring (bicyclic) bond motifs is 2. The zero-order valence-corrected chi connectivity index (χ0v) is 15.7. The highest BCUT2D eigenvalue weighted by atomic mass is 14.6. The van der Waals surface area contributed by atoms with Gasteiger partial charge in [0, 0.05) is 0 Å². The molecule has 5 fully saturated rings. The molecule has 5 saturated carbocycles. The summed E-state index contributed by atoms with van der Waals surface area (Å²) < 4.78 is 0. The van der Waals surface area contributed by atoms with Gasteiger partial charge in [-0.25, -0.2) is 0 Å². The Balaban J connectivity index is 1.65. The molecule has 0 N–H and O–H groups in total. The van der Waals surface area contributed by atoms with Crippen molar-refractivity contribution in [3.05, 3.63) is 0 Å². The second-order valence-corrected chi connectivity index (χ2v) is 11.1. The molecule has 130 valence electrons. The highest BCUT2D eigenvalue weighted by molar-refractivity contribution is 5.05. The summed E-state index contributed by atoms with van der Waals surface area (Å²) in [4.78, 5) is 0. The van der Waals surface area contributed by atoms with Crippen molar-refractivity contribution in [2.75, 3.05) is 0 Å². The molecule has 0 aromatic carbocycles. The van der Waals surface area contributed by atoms with Gasteiger partial charge in [-0.2, -0.15) is 0 Å². The van der Waals surface area contributed by atoms with Crippen LogP contribution in [0.1, 0.15) is 97.3 Å². The van der Waals surface area contributed by atoms with E-state index < -0.39 is 0 Å². The van der Waals surface area contributed by atoms with Gasteiger partial charge >= 0.3 is 0 Å². The lowest BCUT2D eigenvalue weighted by molar-refractivity contribution is 0.0243. The van der Waals surface area contributed by atoms with Gasteiger partial charge in [0.1, 0.15) is 0 Å². The molecule has 0 heterocycles. The van der Waals surface area contributed by atoms with E-state index in [9.17, 15) is 0 Å². The van der Waals surface area contributed by atoms with Crippen LogP contribution in [0.2, 0.25) is 0 Å². The van der Waals surface area contributed by atoms with Crippen molar-refractivity contribution in [1.29, 1.82) is 0 Å². The highest BCUT2D eigenvalue weighted by Crippen LogP contribution is 2.65. The smallest absolute Gasteiger partial charge is 0.0264 e. The molecule has 8 atom stereocenters. The quantitative estimate of drug-likeness (QED) is 0.459. The van der Waals surface area contributed by atoms with Crippen LogP contribution in [-0.4, -0.2) is 0 Å². The third-order valence-electron chi connectivity index (χ3n) is 10.0. The minimum absolute atomic E-state index is 0.675. The molecule has 0 spiro atoms. The molecular weight excluding hydrogens is 276 g/mol. The SMILES string of the molecule is CC12CCC3CCC4CC5CCCCC(CC4C3CC1)C5(C)C2. The zero-order valence-electron chi connectivity index (χ0n) is 15.7. The molecule has 5 rings (SSSR count). The summed E-state index contributed by atoms with van der Waals surface area (Å²) in [5, 5.41) is 0. The van der Waals surface area contributed by atoms with E-state index in [0.29, 0.717) is 10.8 Å². The van der Waals surface area contributed by atoms with Crippen LogP contribution in [0, 0.1) is 46.3 Å². The van der Waals surface area contributed by atoms with E-state index in [1.165, 1.54) is 6.42 Å². The normalized spacial score (nSPS) is 58.7. The first-order valence-electron chi connectivity index (χ1n) is 11.1. The molecule has 0 aliphatic heterocycles. The third-order valence-corrected chi connectivity index (χ3v) is 10.0. The average molecular weight is 315 g/mol. The first-order chi connectivity index (χ1) is 11.1. The maximum Gasteiger partial charge on any atom is -0.0264 e. The van der Waals surface area contributed by atoms with Crippen molar-refractivity contribution in [3.8, 4) is 0 Å². The zero-order chi connectivity index (χ0) is 15.7. The fourth-order valence-corrected chi connectivity index (χ4v) is 8.82. The lowest BCUT2D eigenvalue weighted by Crippen LogP contribution is -2.38. The van der Waals surface area contributed by atoms with E-state index in [-0.39, 0.29) is 0 Å². The van der Waals surface area contributed by atoms with Crippen LogP contribution in [0.15, 0.2) is 0 Å². The van der Waals surface area contributed by atoms with Crippen LogP contribution in [0.3, 0.4) is 0 Å². The van der Waals surface area contributed by atoms with Gasteiger partial charge in [0.15, 0.2) is 0 Å². The summed E-state index contributed by atoms with van der Waals surface area (Å²) in [5.41, 5.74) is 1.36.